The first-order valence-corrected chi connectivity index (χ1v) is 7.10. The van der Waals surface area contributed by atoms with E-state index >= 15 is 0 Å². The highest BCUT2D eigenvalue weighted by molar-refractivity contribution is 5.81. The SMILES string of the molecule is COC(COc1nc(N)c2[nH]c(=O)[nH]c2n1)Cc1ccccc1. The van der Waals surface area contributed by atoms with E-state index in [1.165, 1.54) is 0 Å². The van der Waals surface area contributed by atoms with Gasteiger partial charge in [0.2, 0.25) is 0 Å². The van der Waals surface area contributed by atoms with Gasteiger partial charge in [0.05, 0.1) is 6.10 Å². The number of ether oxygens (including phenoxy) is 2. The highest BCUT2D eigenvalue weighted by Crippen LogP contribution is 2.16. The molecule has 0 aliphatic carbocycles. The molecule has 0 aliphatic rings. The summed E-state index contributed by atoms with van der Waals surface area (Å²) >= 11 is 0. The lowest BCUT2D eigenvalue weighted by atomic mass is 10.1. The number of anilines is 1. The monoisotopic (exact) mass is 315 g/mol. The van der Waals surface area contributed by atoms with Crippen LogP contribution in [0, 0.1) is 0 Å². The van der Waals surface area contributed by atoms with Gasteiger partial charge in [-0.3, -0.25) is 4.98 Å². The van der Waals surface area contributed by atoms with Gasteiger partial charge in [0.1, 0.15) is 12.1 Å². The molecule has 0 radical (unpaired) electrons. The van der Waals surface area contributed by atoms with Crippen molar-refractivity contribution in [3.63, 3.8) is 0 Å². The van der Waals surface area contributed by atoms with E-state index in [1.807, 2.05) is 30.3 Å². The summed E-state index contributed by atoms with van der Waals surface area (Å²) < 4.78 is 11.0. The molecule has 1 atom stereocenters. The second-order valence-corrected chi connectivity index (χ2v) is 5.05. The van der Waals surface area contributed by atoms with E-state index in [4.69, 9.17) is 15.2 Å². The van der Waals surface area contributed by atoms with E-state index in [0.29, 0.717) is 17.6 Å². The van der Waals surface area contributed by atoms with Crippen LogP contribution in [-0.2, 0) is 11.2 Å². The summed E-state index contributed by atoms with van der Waals surface area (Å²) in [6.07, 6.45) is 0.555. The minimum absolute atomic E-state index is 0.0976. The molecule has 0 saturated heterocycles. The van der Waals surface area contributed by atoms with Crippen molar-refractivity contribution in [2.75, 3.05) is 19.5 Å². The highest BCUT2D eigenvalue weighted by atomic mass is 16.5. The molecule has 3 rings (SSSR count). The highest BCUT2D eigenvalue weighted by Gasteiger charge is 2.13. The standard InChI is InChI=1S/C15H17N5O3/c1-22-10(7-9-5-3-2-4-6-9)8-23-15-18-12(16)11-13(20-15)19-14(21)17-11/h2-6,10H,7-8H2,1H3,(H4,16,17,18,19,20,21). The fraction of sp³-hybridized carbons (Fsp3) is 0.267. The second-order valence-electron chi connectivity index (χ2n) is 5.05. The molecule has 120 valence electrons. The summed E-state index contributed by atoms with van der Waals surface area (Å²) in [4.78, 5) is 24.5. The molecule has 1 aromatic carbocycles. The summed E-state index contributed by atoms with van der Waals surface area (Å²) in [5, 5.41) is 0. The number of aromatic amines is 2. The van der Waals surface area contributed by atoms with Crippen molar-refractivity contribution in [1.82, 2.24) is 19.9 Å². The zero-order valence-electron chi connectivity index (χ0n) is 12.6. The number of nitrogens with zero attached hydrogens (tertiary/aromatic N) is 2. The molecule has 23 heavy (non-hydrogen) atoms. The Morgan fingerprint density at radius 3 is 2.74 bits per heavy atom. The zero-order chi connectivity index (χ0) is 16.2. The predicted molar refractivity (Wildman–Crippen MR) is 85.4 cm³/mol. The molecule has 0 saturated carbocycles. The molecule has 0 amide bonds. The number of nitrogens with one attached hydrogen (secondary N) is 2. The van der Waals surface area contributed by atoms with Crippen LogP contribution in [0.3, 0.4) is 0 Å². The fourth-order valence-corrected chi connectivity index (χ4v) is 2.24. The van der Waals surface area contributed by atoms with Crippen molar-refractivity contribution in [3.05, 3.63) is 46.4 Å². The lowest BCUT2D eigenvalue weighted by Crippen LogP contribution is -2.23. The third kappa shape index (κ3) is 3.49. The summed E-state index contributed by atoms with van der Waals surface area (Å²) in [5.41, 5.74) is 7.22. The van der Waals surface area contributed by atoms with E-state index in [0.717, 1.165) is 5.56 Å². The lowest BCUT2D eigenvalue weighted by molar-refractivity contribution is 0.0553. The van der Waals surface area contributed by atoms with Crippen molar-refractivity contribution >= 4 is 17.0 Å². The van der Waals surface area contributed by atoms with Crippen LogP contribution in [0.15, 0.2) is 35.1 Å². The van der Waals surface area contributed by atoms with Crippen LogP contribution >= 0.6 is 0 Å². The minimum atomic E-state index is -0.392. The van der Waals surface area contributed by atoms with Gasteiger partial charge in [-0.15, -0.1) is 0 Å². The Morgan fingerprint density at radius 1 is 1.22 bits per heavy atom. The fourth-order valence-electron chi connectivity index (χ4n) is 2.24. The van der Waals surface area contributed by atoms with Crippen LogP contribution in [0.5, 0.6) is 6.01 Å². The van der Waals surface area contributed by atoms with E-state index in [9.17, 15) is 4.79 Å². The molecule has 4 N–H and O–H groups in total. The summed E-state index contributed by atoms with van der Waals surface area (Å²) in [5.74, 6) is 0.153. The summed E-state index contributed by atoms with van der Waals surface area (Å²) in [6.45, 7) is 0.269. The molecular formula is C15H17N5O3. The molecule has 2 aromatic heterocycles. The number of nitrogen functional groups attached to an aromatic ring is 1. The van der Waals surface area contributed by atoms with Gasteiger partial charge in [0.15, 0.2) is 11.5 Å². The van der Waals surface area contributed by atoms with E-state index < -0.39 is 5.69 Å². The molecule has 8 nitrogen and oxygen atoms in total. The zero-order valence-corrected chi connectivity index (χ0v) is 12.6. The molecule has 1 unspecified atom stereocenters. The molecule has 0 spiro atoms. The van der Waals surface area contributed by atoms with Gasteiger partial charge in [-0.2, -0.15) is 9.97 Å². The smallest absolute Gasteiger partial charge is 0.325 e. The van der Waals surface area contributed by atoms with E-state index in [1.54, 1.807) is 7.11 Å². The first-order chi connectivity index (χ1) is 11.2. The van der Waals surface area contributed by atoms with Crippen molar-refractivity contribution < 1.29 is 9.47 Å². The molecule has 0 bridgehead atoms. The minimum Gasteiger partial charge on any atom is -0.461 e. The molecule has 0 aliphatic heterocycles. The van der Waals surface area contributed by atoms with Crippen molar-refractivity contribution in [1.29, 1.82) is 0 Å². The summed E-state index contributed by atoms with van der Waals surface area (Å²) in [7, 11) is 1.62. The number of imidazole rings is 1. The van der Waals surface area contributed by atoms with Crippen molar-refractivity contribution in [2.45, 2.75) is 12.5 Å². The first kappa shape index (κ1) is 15.0. The Bertz CT molecular complexity index is 843. The maximum atomic E-state index is 11.3. The van der Waals surface area contributed by atoms with Crippen LogP contribution in [0.1, 0.15) is 5.56 Å². The van der Waals surface area contributed by atoms with Gasteiger partial charge in [-0.05, 0) is 5.56 Å². The quantitative estimate of drug-likeness (QED) is 0.621. The molecular weight excluding hydrogens is 298 g/mol. The maximum Gasteiger partial charge on any atom is 0.325 e. The number of H-pyrrole nitrogens is 2. The largest absolute Gasteiger partial charge is 0.461 e. The Balaban J connectivity index is 1.70. The Hall–Kier alpha value is -2.87. The average Bonchev–Trinajstić information content (AvgIpc) is 2.93. The van der Waals surface area contributed by atoms with Crippen molar-refractivity contribution in [2.24, 2.45) is 0 Å². The normalized spacial score (nSPS) is 12.4. The number of aromatic nitrogens is 4. The topological polar surface area (TPSA) is 119 Å². The number of rotatable bonds is 6. The number of hydrogen-bond donors (Lipinski definition) is 3. The Labute approximate surface area is 131 Å². The third-order valence-corrected chi connectivity index (χ3v) is 3.42. The Kier molecular flexibility index (Phi) is 4.24. The van der Waals surface area contributed by atoms with Gasteiger partial charge >= 0.3 is 11.7 Å². The maximum absolute atomic E-state index is 11.3. The van der Waals surface area contributed by atoms with Crippen LogP contribution in [-0.4, -0.2) is 39.8 Å². The van der Waals surface area contributed by atoms with E-state index in [2.05, 4.69) is 19.9 Å². The van der Waals surface area contributed by atoms with Gasteiger partial charge in [0.25, 0.3) is 0 Å². The summed E-state index contributed by atoms with van der Waals surface area (Å²) in [6, 6.07) is 10.1. The number of benzene rings is 1. The lowest BCUT2D eigenvalue weighted by Gasteiger charge is -2.15. The van der Waals surface area contributed by atoms with Gasteiger partial charge < -0.3 is 20.2 Å². The van der Waals surface area contributed by atoms with Gasteiger partial charge in [-0.1, -0.05) is 30.3 Å². The van der Waals surface area contributed by atoms with Gasteiger partial charge in [0, 0.05) is 13.5 Å². The van der Waals surface area contributed by atoms with Crippen LogP contribution < -0.4 is 16.2 Å². The van der Waals surface area contributed by atoms with E-state index in [-0.39, 0.29) is 24.5 Å². The van der Waals surface area contributed by atoms with Crippen LogP contribution in [0.2, 0.25) is 0 Å². The predicted octanol–water partition coefficient (Wildman–Crippen LogP) is 0.865. The molecule has 3 aromatic rings. The molecule has 0 fully saturated rings. The number of fused-ring (bicyclic) bond motifs is 1. The van der Waals surface area contributed by atoms with Gasteiger partial charge in [-0.25, -0.2) is 4.79 Å². The number of nitrogens with two attached hydrogens (primary N) is 1. The molecule has 8 heteroatoms. The second kappa shape index (κ2) is 6.49. The van der Waals surface area contributed by atoms with Crippen LogP contribution in [0.4, 0.5) is 5.82 Å². The number of methoxy groups -OCH3 is 1. The van der Waals surface area contributed by atoms with Crippen LogP contribution in [0.25, 0.3) is 11.2 Å². The first-order valence-electron chi connectivity index (χ1n) is 7.10. The average molecular weight is 315 g/mol. The van der Waals surface area contributed by atoms with Crippen molar-refractivity contribution in [3.8, 4) is 6.01 Å². The number of hydrogen-bond acceptors (Lipinski definition) is 6. The Morgan fingerprint density at radius 2 is 2.00 bits per heavy atom. The molecule has 2 heterocycles. The third-order valence-electron chi connectivity index (χ3n) is 3.42.